The SMILES string of the molecule is CCC[C@H]1CC[C@H](c2ccc(-c3ncc([C@H]4CC[C@H](CCC)CC4)cn3)cc2)CC1. The van der Waals surface area contributed by atoms with Crippen LogP contribution in [0.25, 0.3) is 11.4 Å². The van der Waals surface area contributed by atoms with Crippen molar-refractivity contribution in [1.29, 1.82) is 0 Å². The molecule has 0 unspecified atom stereocenters. The molecule has 2 fully saturated rings. The maximum absolute atomic E-state index is 4.74. The average Bonchev–Trinajstić information content (AvgIpc) is 2.81. The topological polar surface area (TPSA) is 25.8 Å². The lowest BCUT2D eigenvalue weighted by Gasteiger charge is -2.28. The predicted molar refractivity (Wildman–Crippen MR) is 127 cm³/mol. The van der Waals surface area contributed by atoms with Crippen molar-refractivity contribution in [3.63, 3.8) is 0 Å². The molecule has 4 rings (SSSR count). The molecule has 0 amide bonds. The molecule has 0 N–H and O–H groups in total. The first-order valence-electron chi connectivity index (χ1n) is 12.7. The smallest absolute Gasteiger partial charge is 0.159 e. The largest absolute Gasteiger partial charge is 0.236 e. The van der Waals surface area contributed by atoms with Gasteiger partial charge in [0, 0.05) is 18.0 Å². The van der Waals surface area contributed by atoms with Crippen LogP contribution in [0.1, 0.15) is 114 Å². The number of rotatable bonds is 7. The summed E-state index contributed by atoms with van der Waals surface area (Å²) in [6.45, 7) is 4.63. The van der Waals surface area contributed by atoms with Crippen LogP contribution in [0, 0.1) is 11.8 Å². The van der Waals surface area contributed by atoms with Crippen molar-refractivity contribution < 1.29 is 0 Å². The lowest BCUT2D eigenvalue weighted by atomic mass is 9.77. The quantitative estimate of drug-likeness (QED) is 0.464. The first kappa shape index (κ1) is 21.5. The normalized spacial score (nSPS) is 27.1. The fourth-order valence-electron chi connectivity index (χ4n) is 5.99. The second-order valence-corrected chi connectivity index (χ2v) is 9.97. The summed E-state index contributed by atoms with van der Waals surface area (Å²) in [7, 11) is 0. The number of hydrogen-bond donors (Lipinski definition) is 0. The first-order chi connectivity index (χ1) is 14.8. The van der Waals surface area contributed by atoms with Crippen LogP contribution in [0.4, 0.5) is 0 Å². The summed E-state index contributed by atoms with van der Waals surface area (Å²) in [4.78, 5) is 9.48. The second kappa shape index (κ2) is 10.6. The number of aromatic nitrogens is 2. The van der Waals surface area contributed by atoms with E-state index in [9.17, 15) is 0 Å². The summed E-state index contributed by atoms with van der Waals surface area (Å²) in [6, 6.07) is 9.12. The van der Waals surface area contributed by atoms with Crippen molar-refractivity contribution in [3.05, 3.63) is 47.8 Å². The summed E-state index contributed by atoms with van der Waals surface area (Å²) in [5.41, 5.74) is 4.00. The van der Waals surface area contributed by atoms with Crippen LogP contribution in [-0.2, 0) is 0 Å². The van der Waals surface area contributed by atoms with Gasteiger partial charge in [-0.1, -0.05) is 63.8 Å². The fourth-order valence-corrected chi connectivity index (χ4v) is 5.99. The molecule has 0 saturated heterocycles. The van der Waals surface area contributed by atoms with Crippen LogP contribution >= 0.6 is 0 Å². The molecule has 2 nitrogen and oxygen atoms in total. The van der Waals surface area contributed by atoms with E-state index in [1.807, 2.05) is 0 Å². The van der Waals surface area contributed by atoms with Gasteiger partial charge in [-0.25, -0.2) is 9.97 Å². The van der Waals surface area contributed by atoms with Crippen LogP contribution in [0.2, 0.25) is 0 Å². The molecular weight excluding hydrogens is 364 g/mol. The van der Waals surface area contributed by atoms with Crippen molar-refractivity contribution in [2.45, 2.75) is 103 Å². The lowest BCUT2D eigenvalue weighted by Crippen LogP contribution is -2.13. The van der Waals surface area contributed by atoms with Gasteiger partial charge < -0.3 is 0 Å². The van der Waals surface area contributed by atoms with Crippen LogP contribution in [0.3, 0.4) is 0 Å². The van der Waals surface area contributed by atoms with Crippen molar-refractivity contribution in [3.8, 4) is 11.4 Å². The Hall–Kier alpha value is -1.70. The molecule has 2 aliphatic rings. The predicted octanol–water partition coefficient (Wildman–Crippen LogP) is 8.29. The van der Waals surface area contributed by atoms with E-state index in [-0.39, 0.29) is 0 Å². The van der Waals surface area contributed by atoms with Crippen LogP contribution in [0.15, 0.2) is 36.7 Å². The van der Waals surface area contributed by atoms with Gasteiger partial charge in [0.05, 0.1) is 0 Å². The Balaban J connectivity index is 1.33. The Labute approximate surface area is 183 Å². The molecule has 2 heteroatoms. The van der Waals surface area contributed by atoms with Crippen molar-refractivity contribution in [2.75, 3.05) is 0 Å². The highest BCUT2D eigenvalue weighted by atomic mass is 14.9. The minimum absolute atomic E-state index is 0.664. The number of nitrogens with zero attached hydrogens (tertiary/aromatic N) is 2. The van der Waals surface area contributed by atoms with E-state index in [1.54, 1.807) is 0 Å². The van der Waals surface area contributed by atoms with E-state index in [0.717, 1.165) is 29.1 Å². The van der Waals surface area contributed by atoms with Gasteiger partial charge in [0.1, 0.15) is 0 Å². The summed E-state index contributed by atoms with van der Waals surface area (Å²) >= 11 is 0. The summed E-state index contributed by atoms with van der Waals surface area (Å²) < 4.78 is 0. The molecule has 0 radical (unpaired) electrons. The average molecular weight is 405 g/mol. The third-order valence-electron chi connectivity index (χ3n) is 7.87. The number of hydrogen-bond acceptors (Lipinski definition) is 2. The standard InChI is InChI=1S/C28H40N2/c1-3-5-21-7-11-23(12-8-21)24-15-17-26(18-16-24)28-29-19-27(20-30-28)25-13-9-22(6-4-2)10-14-25/h15-23,25H,3-14H2,1-2H3/t21-,22-,23-,25-. The molecule has 1 heterocycles. The highest BCUT2D eigenvalue weighted by molar-refractivity contribution is 5.55. The van der Waals surface area contributed by atoms with Gasteiger partial charge in [-0.3, -0.25) is 0 Å². The Kier molecular flexibility index (Phi) is 7.57. The summed E-state index contributed by atoms with van der Waals surface area (Å²) in [5, 5.41) is 0. The van der Waals surface area contributed by atoms with Crippen molar-refractivity contribution >= 4 is 0 Å². The third kappa shape index (κ3) is 5.31. The molecule has 0 bridgehead atoms. The van der Waals surface area contributed by atoms with Crippen LogP contribution in [0.5, 0.6) is 0 Å². The molecule has 162 valence electrons. The van der Waals surface area contributed by atoms with Gasteiger partial charge in [-0.2, -0.15) is 0 Å². The Morgan fingerprint density at radius 1 is 0.633 bits per heavy atom. The lowest BCUT2D eigenvalue weighted by molar-refractivity contribution is 0.308. The zero-order chi connectivity index (χ0) is 20.8. The Bertz CT molecular complexity index is 681. The highest BCUT2D eigenvalue weighted by Gasteiger charge is 2.23. The van der Waals surface area contributed by atoms with Gasteiger partial charge in [-0.15, -0.1) is 0 Å². The molecule has 1 aromatic heterocycles. The fraction of sp³-hybridized carbons (Fsp3) is 0.643. The van der Waals surface area contributed by atoms with E-state index < -0.39 is 0 Å². The van der Waals surface area contributed by atoms with Crippen LogP contribution < -0.4 is 0 Å². The van der Waals surface area contributed by atoms with E-state index >= 15 is 0 Å². The zero-order valence-electron chi connectivity index (χ0n) is 19.2. The van der Waals surface area contributed by atoms with Crippen LogP contribution in [-0.4, -0.2) is 9.97 Å². The number of benzene rings is 1. The maximum Gasteiger partial charge on any atom is 0.159 e. The van der Waals surface area contributed by atoms with Gasteiger partial charge in [0.2, 0.25) is 0 Å². The van der Waals surface area contributed by atoms with E-state index in [2.05, 4.69) is 50.5 Å². The molecular formula is C28H40N2. The molecule has 1 aromatic carbocycles. The summed E-state index contributed by atoms with van der Waals surface area (Å²) in [5.74, 6) is 4.21. The van der Waals surface area contributed by atoms with E-state index in [0.29, 0.717) is 5.92 Å². The Morgan fingerprint density at radius 2 is 1.10 bits per heavy atom. The highest BCUT2D eigenvalue weighted by Crippen LogP contribution is 2.39. The van der Waals surface area contributed by atoms with Gasteiger partial charge in [-0.05, 0) is 86.2 Å². The van der Waals surface area contributed by atoms with Gasteiger partial charge in [0.15, 0.2) is 5.82 Å². The first-order valence-corrected chi connectivity index (χ1v) is 12.7. The molecule has 2 saturated carbocycles. The third-order valence-corrected chi connectivity index (χ3v) is 7.87. The maximum atomic E-state index is 4.74. The molecule has 30 heavy (non-hydrogen) atoms. The molecule has 2 aliphatic carbocycles. The minimum Gasteiger partial charge on any atom is -0.236 e. The van der Waals surface area contributed by atoms with Gasteiger partial charge >= 0.3 is 0 Å². The van der Waals surface area contributed by atoms with Crippen molar-refractivity contribution in [2.24, 2.45) is 11.8 Å². The molecule has 0 atom stereocenters. The van der Waals surface area contributed by atoms with Crippen molar-refractivity contribution in [1.82, 2.24) is 9.97 Å². The summed E-state index contributed by atoms with van der Waals surface area (Å²) in [6.07, 6.45) is 20.6. The second-order valence-electron chi connectivity index (χ2n) is 9.97. The molecule has 0 spiro atoms. The van der Waals surface area contributed by atoms with E-state index in [4.69, 9.17) is 9.97 Å². The monoisotopic (exact) mass is 404 g/mol. The minimum atomic E-state index is 0.664. The molecule has 0 aliphatic heterocycles. The zero-order valence-corrected chi connectivity index (χ0v) is 19.2. The Morgan fingerprint density at radius 3 is 1.57 bits per heavy atom. The van der Waals surface area contributed by atoms with Gasteiger partial charge in [0.25, 0.3) is 0 Å². The molecule has 2 aromatic rings. The van der Waals surface area contributed by atoms with E-state index in [1.165, 1.54) is 88.2 Å².